The Morgan fingerprint density at radius 2 is 2.20 bits per heavy atom. The molecule has 0 rings (SSSR count). The van der Waals surface area contributed by atoms with Gasteiger partial charge in [-0.05, 0) is 25.0 Å². The number of hydrogen-bond acceptors (Lipinski definition) is 4. The van der Waals surface area contributed by atoms with Gasteiger partial charge in [0.15, 0.2) is 5.17 Å². The van der Waals surface area contributed by atoms with Gasteiger partial charge in [-0.25, -0.2) is 0 Å². The van der Waals surface area contributed by atoms with E-state index in [-0.39, 0.29) is 0 Å². The molecule has 0 spiro atoms. The molecule has 0 bridgehead atoms. The minimum absolute atomic E-state index is 0.492. The molecule has 1 atom stereocenters. The van der Waals surface area contributed by atoms with Crippen LogP contribution < -0.4 is 11.5 Å². The molecule has 0 aliphatic heterocycles. The fourth-order valence-corrected chi connectivity index (χ4v) is 1.46. The van der Waals surface area contributed by atoms with Gasteiger partial charge in [-0.2, -0.15) is 0 Å². The summed E-state index contributed by atoms with van der Waals surface area (Å²) in [6, 6.07) is -0.753. The summed E-state index contributed by atoms with van der Waals surface area (Å²) in [6.45, 7) is 2.66. The zero-order valence-electron chi connectivity index (χ0n) is 8.98. The van der Waals surface area contributed by atoms with Gasteiger partial charge in [0.2, 0.25) is 0 Å². The summed E-state index contributed by atoms with van der Waals surface area (Å²) < 4.78 is 0. The number of hydrogen-bond donors (Lipinski definition) is 3. The predicted molar refractivity (Wildman–Crippen MR) is 64.1 cm³/mol. The highest BCUT2D eigenvalue weighted by molar-refractivity contribution is 8.13. The zero-order valence-corrected chi connectivity index (χ0v) is 9.80. The maximum absolute atomic E-state index is 10.4. The van der Waals surface area contributed by atoms with Crippen LogP contribution in [0.5, 0.6) is 0 Å². The molecule has 15 heavy (non-hydrogen) atoms. The fraction of sp³-hybridized carbons (Fsp3) is 0.778. The summed E-state index contributed by atoms with van der Waals surface area (Å²) in [6.07, 6.45) is 2.08. The number of unbranched alkanes of at least 4 members (excludes halogenated alkanes) is 1. The van der Waals surface area contributed by atoms with Gasteiger partial charge < -0.3 is 16.6 Å². The van der Waals surface area contributed by atoms with Crippen molar-refractivity contribution in [2.24, 2.45) is 16.5 Å². The van der Waals surface area contributed by atoms with E-state index in [2.05, 4.69) is 4.99 Å². The van der Waals surface area contributed by atoms with Gasteiger partial charge in [-0.15, -0.1) is 0 Å². The molecule has 0 saturated carbocycles. The van der Waals surface area contributed by atoms with Crippen LogP contribution in [-0.2, 0) is 4.79 Å². The first kappa shape index (κ1) is 14.2. The van der Waals surface area contributed by atoms with Crippen LogP contribution in [-0.4, -0.2) is 34.6 Å². The molecule has 0 aliphatic carbocycles. The summed E-state index contributed by atoms with van der Waals surface area (Å²) in [7, 11) is 0. The predicted octanol–water partition coefficient (Wildman–Crippen LogP) is 0.636. The lowest BCUT2D eigenvalue weighted by atomic mass is 10.1. The van der Waals surface area contributed by atoms with Crippen molar-refractivity contribution >= 4 is 22.9 Å². The van der Waals surface area contributed by atoms with Crippen molar-refractivity contribution in [2.75, 3.05) is 12.3 Å². The molecule has 0 fully saturated rings. The summed E-state index contributed by atoms with van der Waals surface area (Å²) in [5.41, 5.74) is 10.9. The van der Waals surface area contributed by atoms with E-state index in [0.29, 0.717) is 18.1 Å². The second-order valence-electron chi connectivity index (χ2n) is 3.09. The van der Waals surface area contributed by atoms with Crippen molar-refractivity contribution in [2.45, 2.75) is 32.2 Å². The molecule has 0 aromatic rings. The second-order valence-corrected chi connectivity index (χ2v) is 4.38. The van der Waals surface area contributed by atoms with Crippen molar-refractivity contribution in [3.8, 4) is 0 Å². The highest BCUT2D eigenvalue weighted by atomic mass is 32.2. The standard InChI is InChI=1S/C9H19N3O2S/c1-2-15-9(11)12-6-4-3-5-7(10)8(13)14/h7H,2-6,10H2,1H3,(H2,11,12)(H,13,14)/t7-/m1/s1. The van der Waals surface area contributed by atoms with Crippen LogP contribution >= 0.6 is 11.8 Å². The van der Waals surface area contributed by atoms with E-state index >= 15 is 0 Å². The summed E-state index contributed by atoms with van der Waals surface area (Å²) in [5.74, 6) is -0.0290. The molecule has 0 saturated heterocycles. The van der Waals surface area contributed by atoms with E-state index in [1.807, 2.05) is 6.92 Å². The molecule has 6 heteroatoms. The molecular formula is C9H19N3O2S. The Morgan fingerprint density at radius 3 is 2.73 bits per heavy atom. The Labute approximate surface area is 94.3 Å². The maximum atomic E-state index is 10.4. The first-order chi connectivity index (χ1) is 7.07. The maximum Gasteiger partial charge on any atom is 0.320 e. The van der Waals surface area contributed by atoms with E-state index in [4.69, 9.17) is 16.6 Å². The molecule has 0 aromatic carbocycles. The normalized spacial score (nSPS) is 13.9. The zero-order chi connectivity index (χ0) is 11.7. The van der Waals surface area contributed by atoms with Gasteiger partial charge in [-0.3, -0.25) is 9.79 Å². The topological polar surface area (TPSA) is 102 Å². The van der Waals surface area contributed by atoms with Crippen molar-refractivity contribution in [1.82, 2.24) is 0 Å². The van der Waals surface area contributed by atoms with Crippen LogP contribution in [0.25, 0.3) is 0 Å². The third-order valence-corrected chi connectivity index (χ3v) is 2.51. The quantitative estimate of drug-likeness (QED) is 0.340. The smallest absolute Gasteiger partial charge is 0.320 e. The SMILES string of the molecule is CCSC(N)=NCCCC[C@@H](N)C(=O)O. The third-order valence-electron chi connectivity index (χ3n) is 1.80. The van der Waals surface area contributed by atoms with Crippen molar-refractivity contribution in [1.29, 1.82) is 0 Å². The highest BCUT2D eigenvalue weighted by Crippen LogP contribution is 2.02. The van der Waals surface area contributed by atoms with Crippen LogP contribution in [0.2, 0.25) is 0 Å². The van der Waals surface area contributed by atoms with E-state index < -0.39 is 12.0 Å². The number of amidine groups is 1. The number of carboxylic acids is 1. The number of thioether (sulfide) groups is 1. The van der Waals surface area contributed by atoms with Crippen molar-refractivity contribution in [3.63, 3.8) is 0 Å². The second kappa shape index (κ2) is 8.55. The van der Waals surface area contributed by atoms with Gasteiger partial charge >= 0.3 is 5.97 Å². The molecule has 5 N–H and O–H groups in total. The summed E-state index contributed by atoms with van der Waals surface area (Å²) >= 11 is 1.51. The van der Waals surface area contributed by atoms with Crippen LogP contribution in [0.4, 0.5) is 0 Å². The molecule has 0 aliphatic rings. The average Bonchev–Trinajstić information content (AvgIpc) is 2.17. The number of rotatable bonds is 7. The lowest BCUT2D eigenvalue weighted by Crippen LogP contribution is -2.29. The highest BCUT2D eigenvalue weighted by Gasteiger charge is 2.09. The molecule has 0 heterocycles. The summed E-state index contributed by atoms with van der Waals surface area (Å²) in [5, 5.41) is 9.12. The molecule has 0 radical (unpaired) electrons. The monoisotopic (exact) mass is 233 g/mol. The minimum atomic E-state index is -0.945. The van der Waals surface area contributed by atoms with Crippen molar-refractivity contribution in [3.05, 3.63) is 0 Å². The Kier molecular flexibility index (Phi) is 8.12. The van der Waals surface area contributed by atoms with Crippen LogP contribution in [0, 0.1) is 0 Å². The summed E-state index contributed by atoms with van der Waals surface area (Å²) in [4.78, 5) is 14.5. The van der Waals surface area contributed by atoms with E-state index in [9.17, 15) is 4.79 Å². The molecule has 0 unspecified atom stereocenters. The molecule has 0 aromatic heterocycles. The van der Waals surface area contributed by atoms with Crippen molar-refractivity contribution < 1.29 is 9.90 Å². The van der Waals surface area contributed by atoms with E-state index in [1.165, 1.54) is 11.8 Å². The first-order valence-electron chi connectivity index (χ1n) is 4.99. The first-order valence-corrected chi connectivity index (χ1v) is 5.97. The number of nitrogens with zero attached hydrogens (tertiary/aromatic N) is 1. The minimum Gasteiger partial charge on any atom is -0.480 e. The average molecular weight is 233 g/mol. The fourth-order valence-electron chi connectivity index (χ4n) is 0.982. The lowest BCUT2D eigenvalue weighted by Gasteiger charge is -2.04. The number of aliphatic imine (C=N–C) groups is 1. The molecule has 88 valence electrons. The largest absolute Gasteiger partial charge is 0.480 e. The Hall–Kier alpha value is -0.750. The number of nitrogens with two attached hydrogens (primary N) is 2. The van der Waals surface area contributed by atoms with Gasteiger partial charge in [0.25, 0.3) is 0 Å². The molecular weight excluding hydrogens is 214 g/mol. The van der Waals surface area contributed by atoms with E-state index in [1.54, 1.807) is 0 Å². The van der Waals surface area contributed by atoms with E-state index in [0.717, 1.165) is 18.6 Å². The number of carbonyl (C=O) groups is 1. The Bertz CT molecular complexity index is 221. The number of aliphatic carboxylic acids is 1. The Balaban J connectivity index is 3.47. The van der Waals surface area contributed by atoms with Crippen LogP contribution in [0.15, 0.2) is 4.99 Å². The lowest BCUT2D eigenvalue weighted by molar-refractivity contribution is -0.138. The number of carboxylic acid groups (broad SMARTS) is 1. The van der Waals surface area contributed by atoms with Crippen LogP contribution in [0.3, 0.4) is 0 Å². The van der Waals surface area contributed by atoms with Gasteiger partial charge in [0.1, 0.15) is 6.04 Å². The van der Waals surface area contributed by atoms with Crippen LogP contribution in [0.1, 0.15) is 26.2 Å². The van der Waals surface area contributed by atoms with Gasteiger partial charge in [0.05, 0.1) is 0 Å². The van der Waals surface area contributed by atoms with Gasteiger partial charge in [-0.1, -0.05) is 18.7 Å². The third kappa shape index (κ3) is 8.26. The molecule has 0 amide bonds. The van der Waals surface area contributed by atoms with Gasteiger partial charge in [0, 0.05) is 6.54 Å². The molecule has 5 nitrogen and oxygen atoms in total. The Morgan fingerprint density at radius 1 is 1.53 bits per heavy atom.